The Morgan fingerprint density at radius 2 is 0.949 bits per heavy atom. The summed E-state index contributed by atoms with van der Waals surface area (Å²) in [5.74, 6) is -0.939. The van der Waals surface area contributed by atoms with Crippen molar-refractivity contribution in [2.45, 2.75) is 51.0 Å². The molecule has 0 saturated carbocycles. The maximum absolute atomic E-state index is 10.5. The van der Waals surface area contributed by atoms with Gasteiger partial charge in [-0.3, -0.25) is 9.59 Å². The predicted octanol–water partition coefficient (Wildman–Crippen LogP) is 3.33. The Labute approximate surface area is 342 Å². The second kappa shape index (κ2) is 27.2. The summed E-state index contributed by atoms with van der Waals surface area (Å²) >= 11 is 0. The van der Waals surface area contributed by atoms with E-state index in [4.69, 9.17) is 19.7 Å². The molecule has 0 saturated heterocycles. The number of rotatable bonds is 20. The number of benzene rings is 4. The van der Waals surface area contributed by atoms with Crippen LogP contribution in [0.3, 0.4) is 0 Å². The number of ether oxygens (including phenoxy) is 2. The number of hydrogen-bond donors (Lipinski definition) is 10. The van der Waals surface area contributed by atoms with Gasteiger partial charge >= 0.3 is 11.9 Å². The molecule has 0 radical (unpaired) electrons. The quantitative estimate of drug-likeness (QED) is 0.0348. The van der Waals surface area contributed by atoms with Gasteiger partial charge in [-0.15, -0.1) is 0 Å². The molecule has 17 nitrogen and oxygen atoms in total. The lowest BCUT2D eigenvalue weighted by Crippen LogP contribution is -2.32. The molecular weight excluding hydrogens is 768 g/mol. The van der Waals surface area contributed by atoms with Gasteiger partial charge in [0.25, 0.3) is 0 Å². The average molecular weight is 823 g/mol. The van der Waals surface area contributed by atoms with E-state index in [1.807, 2.05) is 62.4 Å². The Morgan fingerprint density at radius 1 is 0.610 bits per heavy atom. The number of carboxylic acids is 2. The van der Waals surface area contributed by atoms with Gasteiger partial charge in [-0.1, -0.05) is 36.4 Å². The number of aliphatic hydroxyl groups excluding tert-OH is 2. The van der Waals surface area contributed by atoms with Gasteiger partial charge in [-0.05, 0) is 97.5 Å². The summed E-state index contributed by atoms with van der Waals surface area (Å²) in [6.45, 7) is 4.82. The fourth-order valence-corrected chi connectivity index (χ4v) is 5.26. The van der Waals surface area contributed by atoms with Gasteiger partial charge in [-0.2, -0.15) is 0 Å². The van der Waals surface area contributed by atoms with Crippen LogP contribution in [0.1, 0.15) is 48.3 Å². The minimum atomic E-state index is -1.26. The Hall–Kier alpha value is -6.50. The van der Waals surface area contributed by atoms with E-state index in [0.29, 0.717) is 49.2 Å². The molecule has 0 bridgehead atoms. The van der Waals surface area contributed by atoms with Crippen LogP contribution in [0.5, 0.6) is 23.0 Å². The van der Waals surface area contributed by atoms with Crippen LogP contribution in [0.25, 0.3) is 0 Å². The predicted molar refractivity (Wildman–Crippen MR) is 222 cm³/mol. The first-order valence-corrected chi connectivity index (χ1v) is 18.0. The average Bonchev–Trinajstić information content (AvgIpc) is 3.21. The van der Waals surface area contributed by atoms with Gasteiger partial charge in [0, 0.05) is 37.3 Å². The van der Waals surface area contributed by atoms with Gasteiger partial charge in [0.2, 0.25) is 12.8 Å². The first-order chi connectivity index (χ1) is 27.7. The Bertz CT molecular complexity index is 1770. The van der Waals surface area contributed by atoms with E-state index in [-0.39, 0.29) is 40.4 Å². The molecule has 0 fully saturated rings. The molecule has 12 N–H and O–H groups in total. The van der Waals surface area contributed by atoms with E-state index >= 15 is 0 Å². The van der Waals surface area contributed by atoms with Crippen LogP contribution < -0.4 is 30.7 Å². The van der Waals surface area contributed by atoms with Crippen LogP contribution in [0.2, 0.25) is 0 Å². The number of aliphatic carboxylic acids is 2. The van der Waals surface area contributed by atoms with Crippen LogP contribution in [0.4, 0.5) is 11.4 Å². The van der Waals surface area contributed by atoms with Crippen molar-refractivity contribution < 1.29 is 64.8 Å². The molecule has 17 heteroatoms. The van der Waals surface area contributed by atoms with Crippen molar-refractivity contribution in [3.63, 3.8) is 0 Å². The standard InChI is InChI=1S/2C19H24N2O4.C4H4O4.H2O/c2*1-13(9-14-3-6-16(25-2)7-4-14)20-11-19(24)15-5-8-18(23)17(10-15)21-12-22;5-3(6)1-2-4(7)8;/h2*3-8,10,12-13,19-20,23-24H,9,11H2,1-2H3,(H,21,22);1-2H,(H,5,6)(H,7,8);1H2/b;;2-1+;/t2*13-,19+;;/m00../s1. The molecule has 4 aromatic carbocycles. The SMILES string of the molecule is COc1ccc(C[C@H](C)NC[C@@H](O)c2ccc(O)c(NC=O)c2)cc1.COc1ccc(C[C@H](C)NC[C@@H](O)c2ccc(O)c(NC=O)c2)cc1.O.O=C(O)/C=C/C(=O)O. The molecule has 4 aromatic rings. The van der Waals surface area contributed by atoms with Gasteiger partial charge < -0.3 is 66.9 Å². The fourth-order valence-electron chi connectivity index (χ4n) is 5.26. The van der Waals surface area contributed by atoms with E-state index in [1.165, 1.54) is 23.3 Å². The minimum absolute atomic E-state index is 0. The third kappa shape index (κ3) is 19.5. The highest BCUT2D eigenvalue weighted by Gasteiger charge is 2.14. The van der Waals surface area contributed by atoms with Crippen molar-refractivity contribution in [2.24, 2.45) is 0 Å². The highest BCUT2D eigenvalue weighted by Crippen LogP contribution is 2.28. The number of hydrogen-bond acceptors (Lipinski definition) is 12. The first-order valence-electron chi connectivity index (χ1n) is 18.0. The van der Waals surface area contributed by atoms with Crippen molar-refractivity contribution >= 4 is 36.1 Å². The summed E-state index contributed by atoms with van der Waals surface area (Å²) in [5, 5.41) is 66.9. The lowest BCUT2D eigenvalue weighted by atomic mass is 10.1. The van der Waals surface area contributed by atoms with E-state index in [0.717, 1.165) is 24.3 Å². The van der Waals surface area contributed by atoms with Crippen molar-refractivity contribution in [3.05, 3.63) is 119 Å². The molecule has 4 atom stereocenters. The number of carboxylic acid groups (broad SMARTS) is 2. The Morgan fingerprint density at radius 3 is 1.24 bits per heavy atom. The highest BCUT2D eigenvalue weighted by atomic mass is 16.5. The van der Waals surface area contributed by atoms with Crippen LogP contribution >= 0.6 is 0 Å². The van der Waals surface area contributed by atoms with Crippen LogP contribution in [0, 0.1) is 0 Å². The smallest absolute Gasteiger partial charge is 0.328 e. The molecule has 0 aliphatic heterocycles. The van der Waals surface area contributed by atoms with Gasteiger partial charge in [0.05, 0.1) is 37.8 Å². The summed E-state index contributed by atoms with van der Waals surface area (Å²) in [6, 6.07) is 25.4. The normalized spacial score (nSPS) is 12.4. The van der Waals surface area contributed by atoms with E-state index in [1.54, 1.807) is 38.5 Å². The monoisotopic (exact) mass is 822 g/mol. The lowest BCUT2D eigenvalue weighted by Gasteiger charge is -2.18. The van der Waals surface area contributed by atoms with E-state index in [2.05, 4.69) is 21.3 Å². The number of methoxy groups -OCH3 is 2. The topological polar surface area (TPSA) is 288 Å². The molecule has 0 aromatic heterocycles. The van der Waals surface area contributed by atoms with Crippen molar-refractivity contribution in [1.82, 2.24) is 10.6 Å². The molecule has 0 unspecified atom stereocenters. The molecule has 2 amide bonds. The van der Waals surface area contributed by atoms with Crippen LogP contribution in [0.15, 0.2) is 97.1 Å². The zero-order chi connectivity index (χ0) is 43.0. The number of anilines is 2. The number of carbonyl (C=O) groups is 4. The minimum Gasteiger partial charge on any atom is -0.506 e. The maximum atomic E-state index is 10.5. The van der Waals surface area contributed by atoms with Crippen LogP contribution in [-0.4, -0.2) is 100 Å². The number of phenols is 2. The molecule has 320 valence electrons. The third-order valence-corrected chi connectivity index (χ3v) is 8.33. The zero-order valence-electron chi connectivity index (χ0n) is 33.2. The molecular formula is C42H54N4O13. The molecule has 0 heterocycles. The van der Waals surface area contributed by atoms with Gasteiger partial charge in [-0.25, -0.2) is 9.59 Å². The number of aromatic hydroxyl groups is 2. The molecule has 0 aliphatic rings. The second-order valence-corrected chi connectivity index (χ2v) is 12.8. The Balaban J connectivity index is 0.000000492. The number of carbonyl (C=O) groups excluding carboxylic acids is 2. The molecule has 0 spiro atoms. The fraction of sp³-hybridized carbons (Fsp3) is 0.286. The van der Waals surface area contributed by atoms with Crippen molar-refractivity contribution in [1.29, 1.82) is 0 Å². The second-order valence-electron chi connectivity index (χ2n) is 12.8. The number of nitrogens with one attached hydrogen (secondary N) is 4. The maximum Gasteiger partial charge on any atom is 0.328 e. The molecule has 0 aliphatic carbocycles. The lowest BCUT2D eigenvalue weighted by molar-refractivity contribution is -0.134. The summed E-state index contributed by atoms with van der Waals surface area (Å²) < 4.78 is 10.3. The van der Waals surface area contributed by atoms with Gasteiger partial charge in [0.15, 0.2) is 0 Å². The van der Waals surface area contributed by atoms with Gasteiger partial charge in [0.1, 0.15) is 23.0 Å². The number of aliphatic hydroxyl groups is 2. The number of amides is 2. The third-order valence-electron chi connectivity index (χ3n) is 8.33. The molecule has 59 heavy (non-hydrogen) atoms. The van der Waals surface area contributed by atoms with Crippen molar-refractivity contribution in [3.8, 4) is 23.0 Å². The molecule has 4 rings (SSSR count). The summed E-state index contributed by atoms with van der Waals surface area (Å²) in [5.41, 5.74) is 4.14. The van der Waals surface area contributed by atoms with Crippen LogP contribution in [-0.2, 0) is 32.0 Å². The summed E-state index contributed by atoms with van der Waals surface area (Å²) in [6.07, 6.45) is 2.25. The van der Waals surface area contributed by atoms with E-state index < -0.39 is 24.1 Å². The number of phenolic OH excluding ortho intramolecular Hbond substituents is 2. The Kier molecular flexibility index (Phi) is 23.3. The zero-order valence-corrected chi connectivity index (χ0v) is 33.2. The summed E-state index contributed by atoms with van der Waals surface area (Å²) in [4.78, 5) is 40.2. The first kappa shape index (κ1) is 50.5. The van der Waals surface area contributed by atoms with Crippen molar-refractivity contribution in [2.75, 3.05) is 37.9 Å². The summed E-state index contributed by atoms with van der Waals surface area (Å²) in [7, 11) is 3.28. The highest BCUT2D eigenvalue weighted by molar-refractivity contribution is 5.89. The largest absolute Gasteiger partial charge is 0.506 e. The van der Waals surface area contributed by atoms with E-state index in [9.17, 15) is 39.6 Å².